The van der Waals surface area contributed by atoms with Crippen molar-refractivity contribution in [3.8, 4) is 0 Å². The minimum Gasteiger partial charge on any atom is -0.354 e. The molecule has 0 unspecified atom stereocenters. The summed E-state index contributed by atoms with van der Waals surface area (Å²) >= 11 is 0. The maximum atomic E-state index is 12.0. The third-order valence-corrected chi connectivity index (χ3v) is 3.82. The second kappa shape index (κ2) is 7.75. The zero-order valence-electron chi connectivity index (χ0n) is 13.5. The number of nitrogens with one attached hydrogen (secondary N) is 1. The van der Waals surface area contributed by atoms with E-state index in [0.717, 1.165) is 0 Å². The first-order valence-electron chi connectivity index (χ1n) is 7.52. The average Bonchev–Trinajstić information content (AvgIpc) is 3.00. The molecule has 118 valence electrons. The third kappa shape index (κ3) is 4.43. The van der Waals surface area contributed by atoms with Gasteiger partial charge in [-0.3, -0.25) is 4.79 Å². The summed E-state index contributed by atoms with van der Waals surface area (Å²) in [6, 6.07) is 8.48. The van der Waals surface area contributed by atoms with Crippen LogP contribution < -0.4 is 5.32 Å². The van der Waals surface area contributed by atoms with Gasteiger partial charge in [-0.2, -0.15) is 0 Å². The minimum atomic E-state index is 0.0640. The van der Waals surface area contributed by atoms with E-state index in [0.29, 0.717) is 19.5 Å². The first-order chi connectivity index (χ1) is 10.6. The summed E-state index contributed by atoms with van der Waals surface area (Å²) in [5.41, 5.74) is 2.50. The summed E-state index contributed by atoms with van der Waals surface area (Å²) in [6.45, 7) is 3.37. The van der Waals surface area contributed by atoms with E-state index >= 15 is 0 Å². The Balaban J connectivity index is 1.89. The van der Waals surface area contributed by atoms with E-state index in [1.807, 2.05) is 37.0 Å². The van der Waals surface area contributed by atoms with Gasteiger partial charge in [-0.15, -0.1) is 0 Å². The number of benzene rings is 1. The number of imidazole rings is 1. The average molecular weight is 300 g/mol. The molecule has 1 heterocycles. The van der Waals surface area contributed by atoms with Crippen molar-refractivity contribution in [3.63, 3.8) is 0 Å². The Bertz CT molecular complexity index is 592. The van der Waals surface area contributed by atoms with Gasteiger partial charge in [0.25, 0.3) is 0 Å². The third-order valence-electron chi connectivity index (χ3n) is 3.82. The van der Waals surface area contributed by atoms with Gasteiger partial charge in [-0.25, -0.2) is 4.98 Å². The van der Waals surface area contributed by atoms with Crippen LogP contribution in [0.1, 0.15) is 23.6 Å². The number of rotatable bonds is 7. The van der Waals surface area contributed by atoms with Crippen LogP contribution in [0.15, 0.2) is 43.0 Å². The number of hydrogen-bond donors (Lipinski definition) is 1. The molecule has 2 aromatic rings. The van der Waals surface area contributed by atoms with Crippen LogP contribution in [0.2, 0.25) is 0 Å². The lowest BCUT2D eigenvalue weighted by molar-refractivity contribution is -0.121. The molecule has 0 bridgehead atoms. The highest BCUT2D eigenvalue weighted by Crippen LogP contribution is 2.20. The summed E-state index contributed by atoms with van der Waals surface area (Å²) in [7, 11) is 4.07. The molecule has 1 aromatic heterocycles. The molecule has 1 amide bonds. The predicted octanol–water partition coefficient (Wildman–Crippen LogP) is 2.00. The quantitative estimate of drug-likeness (QED) is 0.851. The van der Waals surface area contributed by atoms with Crippen molar-refractivity contribution in [1.82, 2.24) is 19.8 Å². The SMILES string of the molecule is Cc1ccccc1[C@H](CNC(=O)CCn1ccnc1)N(C)C. The lowest BCUT2D eigenvalue weighted by Gasteiger charge is -2.26. The Labute approximate surface area is 132 Å². The number of carbonyl (C=O) groups is 1. The molecule has 0 fully saturated rings. The molecular formula is C17H24N4O. The maximum absolute atomic E-state index is 12.0. The molecule has 1 atom stereocenters. The highest BCUT2D eigenvalue weighted by molar-refractivity contribution is 5.75. The van der Waals surface area contributed by atoms with E-state index in [9.17, 15) is 4.79 Å². The first-order valence-corrected chi connectivity index (χ1v) is 7.52. The van der Waals surface area contributed by atoms with Gasteiger partial charge in [-0.1, -0.05) is 24.3 Å². The number of carbonyl (C=O) groups excluding carboxylic acids is 1. The predicted molar refractivity (Wildman–Crippen MR) is 87.5 cm³/mol. The van der Waals surface area contributed by atoms with Crippen molar-refractivity contribution in [1.29, 1.82) is 0 Å². The molecule has 2 rings (SSSR count). The monoisotopic (exact) mass is 300 g/mol. The van der Waals surface area contributed by atoms with Gasteiger partial charge in [0.15, 0.2) is 0 Å². The molecule has 5 nitrogen and oxygen atoms in total. The molecule has 0 saturated heterocycles. The number of likely N-dealkylation sites (N-methyl/N-ethyl adjacent to an activating group) is 1. The fourth-order valence-electron chi connectivity index (χ4n) is 2.48. The molecule has 0 spiro atoms. The van der Waals surface area contributed by atoms with Gasteiger partial charge in [0.1, 0.15) is 0 Å². The van der Waals surface area contributed by atoms with Crippen LogP contribution >= 0.6 is 0 Å². The Morgan fingerprint density at radius 3 is 2.77 bits per heavy atom. The molecule has 22 heavy (non-hydrogen) atoms. The van der Waals surface area contributed by atoms with Crippen LogP contribution in [0.4, 0.5) is 0 Å². The smallest absolute Gasteiger partial charge is 0.221 e. The number of hydrogen-bond acceptors (Lipinski definition) is 3. The number of nitrogens with zero attached hydrogens (tertiary/aromatic N) is 3. The van der Waals surface area contributed by atoms with Crippen molar-refractivity contribution in [3.05, 3.63) is 54.1 Å². The molecule has 5 heteroatoms. The van der Waals surface area contributed by atoms with Gasteiger partial charge in [0.2, 0.25) is 5.91 Å². The summed E-state index contributed by atoms with van der Waals surface area (Å²) in [4.78, 5) is 18.1. The van der Waals surface area contributed by atoms with Crippen molar-refractivity contribution >= 4 is 5.91 Å². The maximum Gasteiger partial charge on any atom is 0.221 e. The van der Waals surface area contributed by atoms with Crippen LogP contribution in [0.3, 0.4) is 0 Å². The second-order valence-corrected chi connectivity index (χ2v) is 5.69. The van der Waals surface area contributed by atoms with Crippen LogP contribution in [0, 0.1) is 6.92 Å². The summed E-state index contributed by atoms with van der Waals surface area (Å²) in [5.74, 6) is 0.0640. The number of amides is 1. The van der Waals surface area contributed by atoms with Gasteiger partial charge in [-0.05, 0) is 32.1 Å². The Morgan fingerprint density at radius 1 is 1.36 bits per heavy atom. The van der Waals surface area contributed by atoms with Gasteiger partial charge in [0, 0.05) is 31.9 Å². The zero-order valence-corrected chi connectivity index (χ0v) is 13.5. The molecule has 0 aliphatic rings. The van der Waals surface area contributed by atoms with E-state index in [-0.39, 0.29) is 11.9 Å². The summed E-state index contributed by atoms with van der Waals surface area (Å²) in [5, 5.41) is 3.04. The molecule has 1 aromatic carbocycles. The van der Waals surface area contributed by atoms with Gasteiger partial charge < -0.3 is 14.8 Å². The Hall–Kier alpha value is -2.14. The lowest BCUT2D eigenvalue weighted by Crippen LogP contribution is -2.35. The summed E-state index contributed by atoms with van der Waals surface area (Å²) < 4.78 is 1.91. The van der Waals surface area contributed by atoms with Crippen molar-refractivity contribution in [2.45, 2.75) is 25.9 Å². The molecule has 0 radical (unpaired) electrons. The second-order valence-electron chi connectivity index (χ2n) is 5.69. The van der Waals surface area contributed by atoms with Crippen molar-refractivity contribution in [2.75, 3.05) is 20.6 Å². The van der Waals surface area contributed by atoms with Crippen LogP contribution in [0.5, 0.6) is 0 Å². The van der Waals surface area contributed by atoms with E-state index in [2.05, 4.69) is 34.3 Å². The number of aryl methyl sites for hydroxylation is 2. The molecular weight excluding hydrogens is 276 g/mol. The topological polar surface area (TPSA) is 50.2 Å². The number of aromatic nitrogens is 2. The fourth-order valence-corrected chi connectivity index (χ4v) is 2.48. The molecule has 1 N–H and O–H groups in total. The van der Waals surface area contributed by atoms with E-state index in [4.69, 9.17) is 0 Å². The normalized spacial score (nSPS) is 12.4. The van der Waals surface area contributed by atoms with E-state index in [1.54, 1.807) is 12.5 Å². The Kier molecular flexibility index (Phi) is 5.72. The zero-order chi connectivity index (χ0) is 15.9. The molecule has 0 aliphatic heterocycles. The first kappa shape index (κ1) is 16.2. The van der Waals surface area contributed by atoms with Crippen LogP contribution in [-0.2, 0) is 11.3 Å². The van der Waals surface area contributed by atoms with Crippen molar-refractivity contribution in [2.24, 2.45) is 0 Å². The molecule has 0 saturated carbocycles. The molecule has 0 aliphatic carbocycles. The lowest BCUT2D eigenvalue weighted by atomic mass is 10.0. The van der Waals surface area contributed by atoms with Crippen LogP contribution in [0.25, 0.3) is 0 Å². The van der Waals surface area contributed by atoms with E-state index < -0.39 is 0 Å². The van der Waals surface area contributed by atoms with Gasteiger partial charge >= 0.3 is 0 Å². The van der Waals surface area contributed by atoms with Crippen molar-refractivity contribution < 1.29 is 4.79 Å². The summed E-state index contributed by atoms with van der Waals surface area (Å²) in [6.07, 6.45) is 5.77. The van der Waals surface area contributed by atoms with Crippen LogP contribution in [-0.4, -0.2) is 41.0 Å². The highest BCUT2D eigenvalue weighted by atomic mass is 16.1. The van der Waals surface area contributed by atoms with Gasteiger partial charge in [0.05, 0.1) is 12.4 Å². The Morgan fingerprint density at radius 2 is 2.14 bits per heavy atom. The highest BCUT2D eigenvalue weighted by Gasteiger charge is 2.16. The van der Waals surface area contributed by atoms with E-state index in [1.165, 1.54) is 11.1 Å². The standard InChI is InChI=1S/C17H24N4O/c1-14-6-4-5-7-15(14)16(20(2)3)12-19-17(22)8-10-21-11-9-18-13-21/h4-7,9,11,13,16H,8,10,12H2,1-3H3,(H,19,22)/t16-/m0/s1. The largest absolute Gasteiger partial charge is 0.354 e. The fraction of sp³-hybridized carbons (Fsp3) is 0.412. The minimum absolute atomic E-state index is 0.0640.